The lowest BCUT2D eigenvalue weighted by Crippen LogP contribution is -2.38. The number of benzene rings is 2. The molecule has 0 aliphatic heterocycles. The summed E-state index contributed by atoms with van der Waals surface area (Å²) in [6.45, 7) is 4.43. The summed E-state index contributed by atoms with van der Waals surface area (Å²) >= 11 is 3.38. The van der Waals surface area contributed by atoms with Crippen molar-refractivity contribution >= 4 is 22.0 Å². The number of aryl methyl sites for hydroxylation is 1. The molecular weight excluding hydrogens is 516 g/mol. The highest BCUT2D eigenvalue weighted by atomic mass is 79.9. The second kappa shape index (κ2) is 8.85. The molecule has 0 saturated heterocycles. The van der Waals surface area contributed by atoms with E-state index in [1.54, 1.807) is 32.9 Å². The van der Waals surface area contributed by atoms with E-state index in [9.17, 15) is 31.1 Å². The Morgan fingerprint density at radius 2 is 1.58 bits per heavy atom. The maximum absolute atomic E-state index is 13.3. The van der Waals surface area contributed by atoms with Crippen molar-refractivity contribution in [2.75, 3.05) is 0 Å². The molecule has 0 spiro atoms. The van der Waals surface area contributed by atoms with E-state index < -0.39 is 47.8 Å². The molecule has 2 aromatic rings. The molecule has 3 rings (SSSR count). The summed E-state index contributed by atoms with van der Waals surface area (Å²) in [5.74, 6) is 0. The van der Waals surface area contributed by atoms with Crippen molar-refractivity contribution in [2.45, 2.75) is 64.2 Å². The molecule has 1 aliphatic carbocycles. The fraction of sp³-hybridized carbons (Fsp3) is 0.435. The Labute approximate surface area is 195 Å². The smallest absolute Gasteiger partial charge is 0.416 e. The molecule has 1 atom stereocenters. The van der Waals surface area contributed by atoms with Crippen LogP contribution in [0.3, 0.4) is 0 Å². The van der Waals surface area contributed by atoms with Crippen LogP contribution in [0.4, 0.5) is 31.1 Å². The topological polar surface area (TPSA) is 29.5 Å². The van der Waals surface area contributed by atoms with Gasteiger partial charge in [0.05, 0.1) is 17.2 Å². The molecule has 0 aromatic heterocycles. The highest BCUT2D eigenvalue weighted by molar-refractivity contribution is 9.10. The van der Waals surface area contributed by atoms with Crippen LogP contribution in [-0.2, 0) is 30.1 Å². The number of carbonyl (C=O) groups excluding carboxylic acids is 1. The molecule has 2 aromatic carbocycles. The Balaban J connectivity index is 2.05. The quantitative estimate of drug-likeness (QED) is 0.372. The lowest BCUT2D eigenvalue weighted by Gasteiger charge is -2.32. The second-order valence-electron chi connectivity index (χ2n) is 8.92. The summed E-state index contributed by atoms with van der Waals surface area (Å²) in [5, 5.41) is 0. The standard InChI is InChI=1S/C23H22BrF6NO2/c1-21(2,3)33-20(32)31(19-7-4-14-10-17(24)5-6-18(14)19)12-13-8-15(22(25,26)27)11-16(9-13)23(28,29)30/h5-6,8-11,19H,4,7,12H2,1-3H3. The van der Waals surface area contributed by atoms with Gasteiger partial charge in [-0.2, -0.15) is 26.3 Å². The third kappa shape index (κ3) is 6.22. The van der Waals surface area contributed by atoms with Crippen molar-refractivity contribution in [2.24, 2.45) is 0 Å². The SMILES string of the molecule is CC(C)(C)OC(=O)N(Cc1cc(C(F)(F)F)cc(C(F)(F)F)c1)C1CCc2cc(Br)ccc21. The minimum absolute atomic E-state index is 0.0731. The van der Waals surface area contributed by atoms with E-state index in [2.05, 4.69) is 15.9 Å². The minimum Gasteiger partial charge on any atom is -0.444 e. The van der Waals surface area contributed by atoms with Crippen LogP contribution >= 0.6 is 15.9 Å². The van der Waals surface area contributed by atoms with Gasteiger partial charge in [0.1, 0.15) is 5.60 Å². The van der Waals surface area contributed by atoms with Gasteiger partial charge in [-0.25, -0.2) is 4.79 Å². The second-order valence-corrected chi connectivity index (χ2v) is 9.84. The number of halogens is 7. The molecule has 180 valence electrons. The van der Waals surface area contributed by atoms with Crippen molar-refractivity contribution in [1.82, 2.24) is 4.90 Å². The third-order valence-electron chi connectivity index (χ3n) is 5.16. The van der Waals surface area contributed by atoms with E-state index in [1.165, 1.54) is 4.90 Å². The summed E-state index contributed by atoms with van der Waals surface area (Å²) in [6.07, 6.45) is -9.68. The first-order valence-corrected chi connectivity index (χ1v) is 10.9. The molecule has 1 aliphatic rings. The number of carbonyl (C=O) groups is 1. The number of hydrogen-bond donors (Lipinski definition) is 0. The van der Waals surface area contributed by atoms with E-state index in [1.807, 2.05) is 6.07 Å². The third-order valence-corrected chi connectivity index (χ3v) is 5.65. The van der Waals surface area contributed by atoms with Gasteiger partial charge in [-0.05, 0) is 80.6 Å². The molecule has 0 fully saturated rings. The highest BCUT2D eigenvalue weighted by Crippen LogP contribution is 2.40. The van der Waals surface area contributed by atoms with Crippen LogP contribution in [0.1, 0.15) is 61.1 Å². The molecule has 10 heteroatoms. The molecule has 0 N–H and O–H groups in total. The van der Waals surface area contributed by atoms with Gasteiger partial charge in [0.2, 0.25) is 0 Å². The van der Waals surface area contributed by atoms with Crippen molar-refractivity contribution in [3.63, 3.8) is 0 Å². The zero-order valence-corrected chi connectivity index (χ0v) is 19.7. The van der Waals surface area contributed by atoms with Crippen LogP contribution < -0.4 is 0 Å². The normalized spacial score (nSPS) is 16.5. The van der Waals surface area contributed by atoms with Crippen molar-refractivity contribution in [1.29, 1.82) is 0 Å². The van der Waals surface area contributed by atoms with Crippen LogP contribution in [-0.4, -0.2) is 16.6 Å². The molecule has 1 unspecified atom stereocenters. The first-order chi connectivity index (χ1) is 15.0. The van der Waals surface area contributed by atoms with E-state index in [0.717, 1.165) is 15.6 Å². The first-order valence-electron chi connectivity index (χ1n) is 10.1. The summed E-state index contributed by atoms with van der Waals surface area (Å²) in [7, 11) is 0. The van der Waals surface area contributed by atoms with E-state index >= 15 is 0 Å². The lowest BCUT2D eigenvalue weighted by molar-refractivity contribution is -0.143. The number of ether oxygens (including phenoxy) is 1. The van der Waals surface area contributed by atoms with Crippen molar-refractivity contribution in [3.8, 4) is 0 Å². The molecular formula is C23H22BrF6NO2. The van der Waals surface area contributed by atoms with Crippen LogP contribution in [0.2, 0.25) is 0 Å². The number of amides is 1. The molecule has 1 amide bonds. The number of nitrogens with zero attached hydrogens (tertiary/aromatic N) is 1. The van der Waals surface area contributed by atoms with Crippen molar-refractivity contribution in [3.05, 3.63) is 68.7 Å². The van der Waals surface area contributed by atoms with Crippen LogP contribution in [0.25, 0.3) is 0 Å². The average Bonchev–Trinajstić information content (AvgIpc) is 3.05. The fourth-order valence-electron chi connectivity index (χ4n) is 3.82. The Morgan fingerprint density at radius 3 is 2.09 bits per heavy atom. The molecule has 33 heavy (non-hydrogen) atoms. The van der Waals surface area contributed by atoms with Crippen LogP contribution in [0.5, 0.6) is 0 Å². The molecule has 0 saturated carbocycles. The Morgan fingerprint density at radius 1 is 1.00 bits per heavy atom. The number of alkyl halides is 6. The maximum atomic E-state index is 13.3. The summed E-state index contributed by atoms with van der Waals surface area (Å²) in [4.78, 5) is 14.2. The fourth-order valence-corrected chi connectivity index (χ4v) is 4.23. The van der Waals surface area contributed by atoms with Gasteiger partial charge in [0.25, 0.3) is 0 Å². The Bertz CT molecular complexity index is 1010. The first kappa shape index (κ1) is 25.4. The van der Waals surface area contributed by atoms with Crippen LogP contribution in [0, 0.1) is 0 Å². The predicted octanol–water partition coefficient (Wildman–Crippen LogP) is 7.91. The zero-order chi connectivity index (χ0) is 24.8. The summed E-state index contributed by atoms with van der Waals surface area (Å²) in [6, 6.07) is 6.26. The van der Waals surface area contributed by atoms with Gasteiger partial charge >= 0.3 is 18.4 Å². The molecule has 3 nitrogen and oxygen atoms in total. The average molecular weight is 538 g/mol. The maximum Gasteiger partial charge on any atom is 0.416 e. The molecule has 0 radical (unpaired) electrons. The molecule has 0 bridgehead atoms. The summed E-state index contributed by atoms with van der Waals surface area (Å²) in [5.41, 5.74) is -2.30. The van der Waals surface area contributed by atoms with E-state index in [-0.39, 0.29) is 11.6 Å². The van der Waals surface area contributed by atoms with E-state index in [4.69, 9.17) is 4.74 Å². The number of hydrogen-bond acceptors (Lipinski definition) is 2. The van der Waals surface area contributed by atoms with Gasteiger partial charge in [-0.1, -0.05) is 22.0 Å². The van der Waals surface area contributed by atoms with Gasteiger partial charge < -0.3 is 4.74 Å². The minimum atomic E-state index is -4.97. The largest absolute Gasteiger partial charge is 0.444 e. The number of fused-ring (bicyclic) bond motifs is 1. The van der Waals surface area contributed by atoms with Gasteiger partial charge in [0, 0.05) is 11.0 Å². The highest BCUT2D eigenvalue weighted by Gasteiger charge is 2.38. The van der Waals surface area contributed by atoms with Gasteiger partial charge in [0.15, 0.2) is 0 Å². The predicted molar refractivity (Wildman–Crippen MR) is 113 cm³/mol. The molecule has 0 heterocycles. The van der Waals surface area contributed by atoms with Crippen molar-refractivity contribution < 1.29 is 35.9 Å². The summed E-state index contributed by atoms with van der Waals surface area (Å²) < 4.78 is 86.2. The number of rotatable bonds is 3. The van der Waals surface area contributed by atoms with Gasteiger partial charge in [-0.3, -0.25) is 4.90 Å². The monoisotopic (exact) mass is 537 g/mol. The van der Waals surface area contributed by atoms with Crippen LogP contribution in [0.15, 0.2) is 40.9 Å². The van der Waals surface area contributed by atoms with Gasteiger partial charge in [-0.15, -0.1) is 0 Å². The lowest BCUT2D eigenvalue weighted by atomic mass is 10.0. The Kier molecular flexibility index (Phi) is 6.81. The zero-order valence-electron chi connectivity index (χ0n) is 18.1. The Hall–Kier alpha value is -2.23. The van der Waals surface area contributed by atoms with E-state index in [0.29, 0.717) is 25.0 Å².